The lowest BCUT2D eigenvalue weighted by atomic mass is 10.1. The molecule has 0 bridgehead atoms. The first kappa shape index (κ1) is 14.0. The topological polar surface area (TPSA) is 64.3 Å². The Balaban J connectivity index is 2.93. The Hall–Kier alpha value is -1.07. The number of aryl methyl sites for hydroxylation is 1. The summed E-state index contributed by atoms with van der Waals surface area (Å²) in [6.07, 6.45) is -0.590. The van der Waals surface area contributed by atoms with Gasteiger partial charge in [0.15, 0.2) is 6.10 Å². The molecule has 5 heteroatoms. The SMILES string of the molecule is Cc1ccc(Br)cc1OC(C(=O)NN)C(C)C. The molecule has 1 aromatic carbocycles. The van der Waals surface area contributed by atoms with Gasteiger partial charge < -0.3 is 4.74 Å². The van der Waals surface area contributed by atoms with Crippen molar-refractivity contribution in [1.82, 2.24) is 5.43 Å². The summed E-state index contributed by atoms with van der Waals surface area (Å²) in [6.45, 7) is 5.75. The van der Waals surface area contributed by atoms with Crippen molar-refractivity contribution in [2.24, 2.45) is 11.8 Å². The standard InChI is InChI=1S/C12H17BrN2O2/c1-7(2)11(12(16)15-14)17-10-6-9(13)5-4-8(10)3/h4-7,11H,14H2,1-3H3,(H,15,16). The molecule has 1 amide bonds. The fraction of sp³-hybridized carbons (Fsp3) is 0.417. The molecule has 4 nitrogen and oxygen atoms in total. The average molecular weight is 301 g/mol. The minimum atomic E-state index is -0.590. The molecule has 0 fully saturated rings. The van der Waals surface area contributed by atoms with E-state index in [1.165, 1.54) is 0 Å². The number of hydrazine groups is 1. The lowest BCUT2D eigenvalue weighted by Crippen LogP contribution is -2.44. The van der Waals surface area contributed by atoms with Crippen LogP contribution in [0.4, 0.5) is 0 Å². The van der Waals surface area contributed by atoms with Crippen molar-refractivity contribution < 1.29 is 9.53 Å². The number of hydrogen-bond donors (Lipinski definition) is 2. The maximum atomic E-state index is 11.6. The van der Waals surface area contributed by atoms with Gasteiger partial charge in [0.05, 0.1) is 0 Å². The molecule has 1 unspecified atom stereocenters. The Morgan fingerprint density at radius 2 is 2.12 bits per heavy atom. The maximum Gasteiger partial charge on any atom is 0.275 e. The number of amides is 1. The molecule has 94 valence electrons. The van der Waals surface area contributed by atoms with Crippen molar-refractivity contribution in [1.29, 1.82) is 0 Å². The summed E-state index contributed by atoms with van der Waals surface area (Å²) in [4.78, 5) is 11.6. The van der Waals surface area contributed by atoms with Crippen molar-refractivity contribution in [3.8, 4) is 5.75 Å². The summed E-state index contributed by atoms with van der Waals surface area (Å²) in [5.74, 6) is 5.54. The van der Waals surface area contributed by atoms with E-state index in [0.29, 0.717) is 5.75 Å². The first-order chi connectivity index (χ1) is 7.95. The van der Waals surface area contributed by atoms with Gasteiger partial charge in [-0.15, -0.1) is 0 Å². The van der Waals surface area contributed by atoms with Gasteiger partial charge in [0.2, 0.25) is 0 Å². The van der Waals surface area contributed by atoms with Gasteiger partial charge >= 0.3 is 0 Å². The van der Waals surface area contributed by atoms with Crippen LogP contribution in [0.2, 0.25) is 0 Å². The predicted octanol–water partition coefficient (Wildman–Crippen LogP) is 2.15. The van der Waals surface area contributed by atoms with Crippen LogP contribution in [-0.4, -0.2) is 12.0 Å². The van der Waals surface area contributed by atoms with Crippen LogP contribution in [0.15, 0.2) is 22.7 Å². The molecule has 0 aliphatic heterocycles. The number of carbonyl (C=O) groups is 1. The van der Waals surface area contributed by atoms with Gasteiger partial charge in [-0.2, -0.15) is 0 Å². The zero-order valence-corrected chi connectivity index (χ0v) is 11.7. The number of benzene rings is 1. The molecule has 0 saturated carbocycles. The maximum absolute atomic E-state index is 11.6. The lowest BCUT2D eigenvalue weighted by molar-refractivity contribution is -0.129. The van der Waals surface area contributed by atoms with E-state index >= 15 is 0 Å². The quantitative estimate of drug-likeness (QED) is 0.509. The van der Waals surface area contributed by atoms with E-state index in [1.54, 1.807) is 0 Å². The summed E-state index contributed by atoms with van der Waals surface area (Å²) in [6, 6.07) is 5.70. The largest absolute Gasteiger partial charge is 0.480 e. The Morgan fingerprint density at radius 1 is 1.47 bits per heavy atom. The van der Waals surface area contributed by atoms with Gasteiger partial charge in [-0.1, -0.05) is 35.8 Å². The number of nitrogens with two attached hydrogens (primary N) is 1. The monoisotopic (exact) mass is 300 g/mol. The normalized spacial score (nSPS) is 12.4. The van der Waals surface area contributed by atoms with Crippen molar-refractivity contribution >= 4 is 21.8 Å². The van der Waals surface area contributed by atoms with Gasteiger partial charge in [-0.3, -0.25) is 10.2 Å². The Labute approximate surface area is 110 Å². The molecule has 3 N–H and O–H groups in total. The lowest BCUT2D eigenvalue weighted by Gasteiger charge is -2.21. The molecule has 0 radical (unpaired) electrons. The third-order valence-corrected chi connectivity index (χ3v) is 2.90. The summed E-state index contributed by atoms with van der Waals surface area (Å²) in [7, 11) is 0. The van der Waals surface area contributed by atoms with Crippen LogP contribution in [0.25, 0.3) is 0 Å². The second-order valence-electron chi connectivity index (χ2n) is 4.20. The average Bonchev–Trinajstić information content (AvgIpc) is 2.28. The minimum absolute atomic E-state index is 0.0388. The molecule has 0 saturated heterocycles. The fourth-order valence-corrected chi connectivity index (χ4v) is 1.75. The second-order valence-corrected chi connectivity index (χ2v) is 5.12. The van der Waals surface area contributed by atoms with E-state index in [2.05, 4.69) is 21.4 Å². The zero-order chi connectivity index (χ0) is 13.0. The number of rotatable bonds is 4. The first-order valence-electron chi connectivity index (χ1n) is 5.39. The molecular formula is C12H17BrN2O2. The summed E-state index contributed by atoms with van der Waals surface area (Å²) < 4.78 is 6.63. The highest BCUT2D eigenvalue weighted by Crippen LogP contribution is 2.25. The fourth-order valence-electron chi connectivity index (χ4n) is 1.41. The van der Waals surface area contributed by atoms with Crippen LogP contribution in [0.5, 0.6) is 5.75 Å². The highest BCUT2D eigenvalue weighted by Gasteiger charge is 2.24. The van der Waals surface area contributed by atoms with Crippen molar-refractivity contribution in [2.75, 3.05) is 0 Å². The third-order valence-electron chi connectivity index (χ3n) is 2.41. The summed E-state index contributed by atoms with van der Waals surface area (Å²) in [5, 5.41) is 0. The molecule has 17 heavy (non-hydrogen) atoms. The minimum Gasteiger partial charge on any atom is -0.480 e. The van der Waals surface area contributed by atoms with Crippen LogP contribution in [0.3, 0.4) is 0 Å². The van der Waals surface area contributed by atoms with Gasteiger partial charge in [0.1, 0.15) is 5.75 Å². The van der Waals surface area contributed by atoms with Crippen molar-refractivity contribution in [3.63, 3.8) is 0 Å². The van der Waals surface area contributed by atoms with Gasteiger partial charge in [-0.25, -0.2) is 5.84 Å². The van der Waals surface area contributed by atoms with E-state index in [-0.39, 0.29) is 11.8 Å². The molecule has 0 heterocycles. The molecular weight excluding hydrogens is 284 g/mol. The van der Waals surface area contributed by atoms with E-state index in [0.717, 1.165) is 10.0 Å². The van der Waals surface area contributed by atoms with E-state index in [4.69, 9.17) is 10.6 Å². The number of hydrogen-bond acceptors (Lipinski definition) is 3. The van der Waals surface area contributed by atoms with Crippen molar-refractivity contribution in [2.45, 2.75) is 26.9 Å². The van der Waals surface area contributed by atoms with Gasteiger partial charge in [0.25, 0.3) is 5.91 Å². The first-order valence-corrected chi connectivity index (χ1v) is 6.18. The summed E-state index contributed by atoms with van der Waals surface area (Å²) >= 11 is 3.37. The molecule has 1 aromatic rings. The van der Waals surface area contributed by atoms with Crippen LogP contribution >= 0.6 is 15.9 Å². The predicted molar refractivity (Wildman–Crippen MR) is 70.5 cm³/mol. The van der Waals surface area contributed by atoms with E-state index < -0.39 is 6.10 Å². The van der Waals surface area contributed by atoms with E-state index in [9.17, 15) is 4.79 Å². The Kier molecular flexibility index (Phi) is 4.96. The number of halogens is 1. The Morgan fingerprint density at radius 3 is 2.65 bits per heavy atom. The molecule has 0 spiro atoms. The van der Waals surface area contributed by atoms with Crippen LogP contribution in [0, 0.1) is 12.8 Å². The molecule has 1 atom stereocenters. The van der Waals surface area contributed by atoms with Crippen molar-refractivity contribution in [3.05, 3.63) is 28.2 Å². The smallest absolute Gasteiger partial charge is 0.275 e. The molecule has 0 aliphatic rings. The van der Waals surface area contributed by atoms with Crippen LogP contribution in [-0.2, 0) is 4.79 Å². The second kappa shape index (κ2) is 6.02. The van der Waals surface area contributed by atoms with Gasteiger partial charge in [-0.05, 0) is 30.5 Å². The highest BCUT2D eigenvalue weighted by molar-refractivity contribution is 9.10. The molecule has 0 aromatic heterocycles. The molecule has 0 aliphatic carbocycles. The third kappa shape index (κ3) is 3.71. The Bertz CT molecular complexity index is 407. The highest BCUT2D eigenvalue weighted by atomic mass is 79.9. The molecule has 1 rings (SSSR count). The van der Waals surface area contributed by atoms with Gasteiger partial charge in [0, 0.05) is 4.47 Å². The number of ether oxygens (including phenoxy) is 1. The number of nitrogens with one attached hydrogen (secondary N) is 1. The van der Waals surface area contributed by atoms with E-state index in [1.807, 2.05) is 39.0 Å². The summed E-state index contributed by atoms with van der Waals surface area (Å²) in [5.41, 5.74) is 3.10. The number of carbonyl (C=O) groups excluding carboxylic acids is 1. The van der Waals surface area contributed by atoms with Crippen LogP contribution in [0.1, 0.15) is 19.4 Å². The zero-order valence-electron chi connectivity index (χ0n) is 10.2. The van der Waals surface area contributed by atoms with Crippen LogP contribution < -0.4 is 16.0 Å².